The molecule has 0 heterocycles. The van der Waals surface area contributed by atoms with Gasteiger partial charge in [0.25, 0.3) is 0 Å². The standard InChI is InChI=1S/C14H11BrF3NO2/c15-9-3-6-11(12(20)7-9)13(19)8-1-4-10(5-2-8)21-14(16,17)18/h1-7,13,20H,19H2/t13-/m1/s1. The molecule has 2 rings (SSSR count). The fraction of sp³-hybridized carbons (Fsp3) is 0.143. The van der Waals surface area contributed by atoms with E-state index < -0.39 is 12.4 Å². The normalized spacial score (nSPS) is 13.0. The number of aromatic hydroxyl groups is 1. The summed E-state index contributed by atoms with van der Waals surface area (Å²) in [6.45, 7) is 0. The minimum Gasteiger partial charge on any atom is -0.508 e. The summed E-state index contributed by atoms with van der Waals surface area (Å²) in [7, 11) is 0. The van der Waals surface area contributed by atoms with Crippen LogP contribution in [0, 0.1) is 0 Å². The van der Waals surface area contributed by atoms with Gasteiger partial charge in [-0.2, -0.15) is 0 Å². The Bertz CT molecular complexity index is 629. The smallest absolute Gasteiger partial charge is 0.508 e. The topological polar surface area (TPSA) is 55.5 Å². The zero-order valence-electron chi connectivity index (χ0n) is 10.6. The minimum absolute atomic E-state index is 0.00694. The highest BCUT2D eigenvalue weighted by molar-refractivity contribution is 9.10. The largest absolute Gasteiger partial charge is 0.573 e. The second-order valence-electron chi connectivity index (χ2n) is 4.30. The lowest BCUT2D eigenvalue weighted by Gasteiger charge is -2.15. The Morgan fingerprint density at radius 2 is 1.71 bits per heavy atom. The average molecular weight is 362 g/mol. The van der Waals surface area contributed by atoms with Gasteiger partial charge in [-0.1, -0.05) is 34.1 Å². The number of phenols is 1. The second kappa shape index (κ2) is 5.95. The molecule has 0 spiro atoms. The predicted molar refractivity (Wildman–Crippen MR) is 75.0 cm³/mol. The zero-order valence-corrected chi connectivity index (χ0v) is 12.1. The molecule has 1 atom stereocenters. The fourth-order valence-electron chi connectivity index (χ4n) is 1.84. The van der Waals surface area contributed by atoms with Crippen LogP contribution in [0.2, 0.25) is 0 Å². The number of halogens is 4. The van der Waals surface area contributed by atoms with Crippen molar-refractivity contribution >= 4 is 15.9 Å². The second-order valence-corrected chi connectivity index (χ2v) is 5.21. The quantitative estimate of drug-likeness (QED) is 0.865. The first-order chi connectivity index (χ1) is 9.76. The zero-order chi connectivity index (χ0) is 15.6. The van der Waals surface area contributed by atoms with Crippen molar-refractivity contribution in [3.63, 3.8) is 0 Å². The molecule has 0 fully saturated rings. The molecule has 0 amide bonds. The van der Waals surface area contributed by atoms with E-state index in [1.807, 2.05) is 0 Å². The molecular weight excluding hydrogens is 351 g/mol. The van der Waals surface area contributed by atoms with Gasteiger partial charge in [0.15, 0.2) is 0 Å². The summed E-state index contributed by atoms with van der Waals surface area (Å²) < 4.78 is 40.7. The molecule has 0 radical (unpaired) electrons. The SMILES string of the molecule is N[C@H](c1ccc(OC(F)(F)F)cc1)c1ccc(Br)cc1O. The summed E-state index contributed by atoms with van der Waals surface area (Å²) in [4.78, 5) is 0. The maximum Gasteiger partial charge on any atom is 0.573 e. The van der Waals surface area contributed by atoms with Crippen LogP contribution in [-0.4, -0.2) is 11.5 Å². The monoisotopic (exact) mass is 361 g/mol. The maximum absolute atomic E-state index is 12.1. The highest BCUT2D eigenvalue weighted by atomic mass is 79.9. The first kappa shape index (κ1) is 15.7. The number of alkyl halides is 3. The van der Waals surface area contributed by atoms with Crippen molar-refractivity contribution in [1.29, 1.82) is 0 Å². The van der Waals surface area contributed by atoms with Crippen LogP contribution in [0.1, 0.15) is 17.2 Å². The third kappa shape index (κ3) is 4.12. The van der Waals surface area contributed by atoms with Crippen molar-refractivity contribution in [2.24, 2.45) is 5.73 Å². The molecule has 0 aliphatic rings. The number of nitrogens with two attached hydrogens (primary N) is 1. The Balaban J connectivity index is 2.22. The lowest BCUT2D eigenvalue weighted by Crippen LogP contribution is -2.17. The van der Waals surface area contributed by atoms with E-state index in [1.54, 1.807) is 12.1 Å². The van der Waals surface area contributed by atoms with Crippen LogP contribution in [0.15, 0.2) is 46.9 Å². The summed E-state index contributed by atoms with van der Waals surface area (Å²) in [5, 5.41) is 9.85. The molecule has 3 nitrogen and oxygen atoms in total. The van der Waals surface area contributed by atoms with Gasteiger partial charge in [0.2, 0.25) is 0 Å². The van der Waals surface area contributed by atoms with Crippen molar-refractivity contribution < 1.29 is 23.0 Å². The van der Waals surface area contributed by atoms with E-state index in [2.05, 4.69) is 20.7 Å². The van der Waals surface area contributed by atoms with Crippen molar-refractivity contribution in [3.8, 4) is 11.5 Å². The number of hydrogen-bond donors (Lipinski definition) is 2. The van der Waals surface area contributed by atoms with Crippen molar-refractivity contribution in [2.45, 2.75) is 12.4 Å². The van der Waals surface area contributed by atoms with Gasteiger partial charge in [-0.3, -0.25) is 0 Å². The average Bonchev–Trinajstić information content (AvgIpc) is 2.37. The van der Waals surface area contributed by atoms with Gasteiger partial charge >= 0.3 is 6.36 Å². The molecule has 0 aromatic heterocycles. The first-order valence-corrected chi connectivity index (χ1v) is 6.65. The molecule has 2 aromatic carbocycles. The molecule has 0 saturated heterocycles. The summed E-state index contributed by atoms with van der Waals surface area (Å²) in [5.41, 5.74) is 7.04. The van der Waals surface area contributed by atoms with Crippen LogP contribution in [0.4, 0.5) is 13.2 Å². The molecule has 0 unspecified atom stereocenters. The Morgan fingerprint density at radius 3 is 2.24 bits per heavy atom. The van der Waals surface area contributed by atoms with Gasteiger partial charge in [0.05, 0.1) is 6.04 Å². The van der Waals surface area contributed by atoms with E-state index in [-0.39, 0.29) is 11.5 Å². The molecule has 0 aliphatic carbocycles. The third-order valence-electron chi connectivity index (χ3n) is 2.80. The third-order valence-corrected chi connectivity index (χ3v) is 3.29. The Labute approximate surface area is 127 Å². The number of hydrogen-bond acceptors (Lipinski definition) is 3. The highest BCUT2D eigenvalue weighted by Crippen LogP contribution is 2.31. The molecular formula is C14H11BrF3NO2. The molecule has 3 N–H and O–H groups in total. The summed E-state index contributed by atoms with van der Waals surface area (Å²) in [6, 6.07) is 9.41. The van der Waals surface area contributed by atoms with E-state index in [4.69, 9.17) is 5.73 Å². The van der Waals surface area contributed by atoms with E-state index in [1.165, 1.54) is 30.3 Å². The fourth-order valence-corrected chi connectivity index (χ4v) is 2.19. The van der Waals surface area contributed by atoms with Gasteiger partial charge in [0.1, 0.15) is 11.5 Å². The molecule has 0 bridgehead atoms. The number of phenolic OH excluding ortho intramolecular Hbond substituents is 1. The van der Waals surface area contributed by atoms with Crippen LogP contribution in [0.3, 0.4) is 0 Å². The predicted octanol–water partition coefficient (Wildman–Crippen LogP) is 4.10. The van der Waals surface area contributed by atoms with Gasteiger partial charge in [-0.05, 0) is 29.8 Å². The molecule has 21 heavy (non-hydrogen) atoms. The van der Waals surface area contributed by atoms with Crippen LogP contribution < -0.4 is 10.5 Å². The molecule has 2 aromatic rings. The maximum atomic E-state index is 12.1. The first-order valence-electron chi connectivity index (χ1n) is 5.86. The molecule has 112 valence electrons. The Hall–Kier alpha value is -1.73. The van der Waals surface area contributed by atoms with E-state index >= 15 is 0 Å². The van der Waals surface area contributed by atoms with Gasteiger partial charge in [-0.15, -0.1) is 13.2 Å². The van der Waals surface area contributed by atoms with Crippen LogP contribution in [0.25, 0.3) is 0 Å². The van der Waals surface area contributed by atoms with Gasteiger partial charge in [0, 0.05) is 10.0 Å². The van der Waals surface area contributed by atoms with Crippen LogP contribution >= 0.6 is 15.9 Å². The number of rotatable bonds is 3. The van der Waals surface area contributed by atoms with E-state index in [9.17, 15) is 18.3 Å². The van der Waals surface area contributed by atoms with Gasteiger partial charge < -0.3 is 15.6 Å². The molecule has 0 saturated carbocycles. The van der Waals surface area contributed by atoms with Crippen molar-refractivity contribution in [3.05, 3.63) is 58.1 Å². The molecule has 0 aliphatic heterocycles. The number of benzene rings is 2. The van der Waals surface area contributed by atoms with Crippen LogP contribution in [0.5, 0.6) is 11.5 Å². The molecule has 7 heteroatoms. The summed E-state index contributed by atoms with van der Waals surface area (Å²) in [5.74, 6) is -0.314. The lowest BCUT2D eigenvalue weighted by molar-refractivity contribution is -0.274. The van der Waals surface area contributed by atoms with E-state index in [0.29, 0.717) is 15.6 Å². The highest BCUT2D eigenvalue weighted by Gasteiger charge is 2.31. The van der Waals surface area contributed by atoms with Crippen molar-refractivity contribution in [2.75, 3.05) is 0 Å². The number of ether oxygens (including phenoxy) is 1. The summed E-state index contributed by atoms with van der Waals surface area (Å²) in [6.07, 6.45) is -4.73. The summed E-state index contributed by atoms with van der Waals surface area (Å²) >= 11 is 3.22. The Morgan fingerprint density at radius 1 is 1.10 bits per heavy atom. The van der Waals surface area contributed by atoms with Gasteiger partial charge in [-0.25, -0.2) is 0 Å². The Kier molecular flexibility index (Phi) is 4.43. The minimum atomic E-state index is -4.73. The van der Waals surface area contributed by atoms with Crippen molar-refractivity contribution in [1.82, 2.24) is 0 Å². The van der Waals surface area contributed by atoms with E-state index in [0.717, 1.165) is 0 Å². The van der Waals surface area contributed by atoms with Crippen LogP contribution in [-0.2, 0) is 0 Å². The lowest BCUT2D eigenvalue weighted by atomic mass is 9.99.